The van der Waals surface area contributed by atoms with Crippen molar-refractivity contribution in [3.63, 3.8) is 0 Å². The molecule has 1 aliphatic rings. The number of aliphatic hydroxyl groups excluding tert-OH is 1. The van der Waals surface area contributed by atoms with Gasteiger partial charge in [0.15, 0.2) is 0 Å². The summed E-state index contributed by atoms with van der Waals surface area (Å²) in [6.07, 6.45) is 7.09. The topological polar surface area (TPSA) is 96.3 Å². The van der Waals surface area contributed by atoms with Crippen molar-refractivity contribution in [3.05, 3.63) is 54.1 Å². The number of nitrogens with zero attached hydrogens (tertiary/aromatic N) is 2. The highest BCUT2D eigenvalue weighted by atomic mass is 16.3. The summed E-state index contributed by atoms with van der Waals surface area (Å²) in [5.74, 6) is 0.861. The minimum atomic E-state index is -0.584. The minimum Gasteiger partial charge on any atom is -0.391 e. The summed E-state index contributed by atoms with van der Waals surface area (Å²) in [5, 5.41) is 16.6. The lowest BCUT2D eigenvalue weighted by atomic mass is 9.74. The first-order chi connectivity index (χ1) is 14.9. The fourth-order valence-corrected chi connectivity index (χ4v) is 4.60. The number of carbonyl (C=O) groups excluding carboxylic acids is 2. The van der Waals surface area contributed by atoms with Crippen molar-refractivity contribution in [3.8, 4) is 0 Å². The molecule has 0 saturated heterocycles. The minimum absolute atomic E-state index is 0.00858. The van der Waals surface area contributed by atoms with Gasteiger partial charge in [-0.05, 0) is 31.2 Å². The fourth-order valence-electron chi connectivity index (χ4n) is 4.60. The highest BCUT2D eigenvalue weighted by molar-refractivity contribution is 5.76. The average Bonchev–Trinajstić information content (AvgIpc) is 3.18. The molecule has 0 aliphatic heterocycles. The molecule has 3 N–H and O–H groups in total. The normalized spacial score (nSPS) is 23.7. The Labute approximate surface area is 184 Å². The lowest BCUT2D eigenvalue weighted by molar-refractivity contribution is -0.122. The predicted molar refractivity (Wildman–Crippen MR) is 119 cm³/mol. The van der Waals surface area contributed by atoms with Crippen LogP contribution >= 0.6 is 0 Å². The molecule has 0 radical (unpaired) electrons. The van der Waals surface area contributed by atoms with Gasteiger partial charge in [-0.15, -0.1) is 0 Å². The number of nitrogens with one attached hydrogen (secondary N) is 2. The largest absolute Gasteiger partial charge is 0.391 e. The van der Waals surface area contributed by atoms with E-state index in [1.165, 1.54) is 6.92 Å². The highest BCUT2D eigenvalue weighted by Gasteiger charge is 2.38. The Hall–Kier alpha value is -2.67. The van der Waals surface area contributed by atoms with E-state index in [0.717, 1.165) is 30.7 Å². The maximum Gasteiger partial charge on any atom is 0.221 e. The number of benzene rings is 1. The second kappa shape index (κ2) is 10.6. The number of aromatic nitrogens is 2. The van der Waals surface area contributed by atoms with Gasteiger partial charge >= 0.3 is 0 Å². The molecule has 7 heteroatoms. The van der Waals surface area contributed by atoms with Crippen LogP contribution in [0.3, 0.4) is 0 Å². The molecule has 1 aromatic carbocycles. The Morgan fingerprint density at radius 3 is 2.68 bits per heavy atom. The van der Waals surface area contributed by atoms with E-state index >= 15 is 0 Å². The second-order valence-electron chi connectivity index (χ2n) is 8.52. The molecule has 0 unspecified atom stereocenters. The Bertz CT molecular complexity index is 867. The predicted octanol–water partition coefficient (Wildman–Crippen LogP) is 2.33. The third kappa shape index (κ3) is 5.94. The van der Waals surface area contributed by atoms with Crippen molar-refractivity contribution in [1.82, 2.24) is 20.2 Å². The van der Waals surface area contributed by atoms with E-state index in [9.17, 15) is 14.7 Å². The monoisotopic (exact) mass is 426 g/mol. The Morgan fingerprint density at radius 1 is 1.23 bits per heavy atom. The van der Waals surface area contributed by atoms with Crippen LogP contribution < -0.4 is 10.6 Å². The van der Waals surface area contributed by atoms with Crippen LogP contribution in [-0.4, -0.2) is 45.2 Å². The molecule has 3 rings (SSSR count). The van der Waals surface area contributed by atoms with Gasteiger partial charge in [0.05, 0.1) is 12.1 Å². The molecule has 0 bridgehead atoms. The number of aryl methyl sites for hydroxylation is 2. The Morgan fingerprint density at radius 2 is 1.97 bits per heavy atom. The Balaban J connectivity index is 1.68. The molecule has 1 saturated carbocycles. The zero-order valence-corrected chi connectivity index (χ0v) is 18.5. The van der Waals surface area contributed by atoms with Gasteiger partial charge in [0.25, 0.3) is 0 Å². The van der Waals surface area contributed by atoms with E-state index in [1.807, 2.05) is 29.0 Å². The highest BCUT2D eigenvalue weighted by Crippen LogP contribution is 2.38. The van der Waals surface area contributed by atoms with E-state index in [4.69, 9.17) is 0 Å². The maximum atomic E-state index is 12.7. The van der Waals surface area contributed by atoms with Gasteiger partial charge in [0, 0.05) is 50.7 Å². The average molecular weight is 427 g/mol. The first-order valence-electron chi connectivity index (χ1n) is 11.2. The smallest absolute Gasteiger partial charge is 0.221 e. The van der Waals surface area contributed by atoms with Crippen LogP contribution in [0.15, 0.2) is 42.7 Å². The van der Waals surface area contributed by atoms with Gasteiger partial charge in [-0.2, -0.15) is 0 Å². The van der Waals surface area contributed by atoms with Crippen LogP contribution in [0.2, 0.25) is 0 Å². The van der Waals surface area contributed by atoms with Crippen molar-refractivity contribution in [2.24, 2.45) is 0 Å². The van der Waals surface area contributed by atoms with E-state index in [-0.39, 0.29) is 23.3 Å². The number of imidazole rings is 1. The SMILES string of the molecule is CCc1nccn1CCC(=O)NC[C@]1(c2ccccc2)CC[C@H](NC(C)=O)[C@@H](O)CC1. The number of hydrogen-bond acceptors (Lipinski definition) is 4. The van der Waals surface area contributed by atoms with Gasteiger partial charge < -0.3 is 20.3 Å². The third-order valence-electron chi connectivity index (χ3n) is 6.41. The van der Waals surface area contributed by atoms with E-state index < -0.39 is 6.10 Å². The molecular formula is C24H34N4O3. The van der Waals surface area contributed by atoms with Crippen molar-refractivity contribution in [1.29, 1.82) is 0 Å². The summed E-state index contributed by atoms with van der Waals surface area (Å²) in [6.45, 7) is 4.65. The molecule has 31 heavy (non-hydrogen) atoms. The summed E-state index contributed by atoms with van der Waals surface area (Å²) in [7, 11) is 0. The molecule has 2 aromatic rings. The lowest BCUT2D eigenvalue weighted by Crippen LogP contribution is -2.42. The zero-order valence-electron chi connectivity index (χ0n) is 18.5. The number of carbonyl (C=O) groups is 2. The Kier molecular flexibility index (Phi) is 7.85. The molecule has 7 nitrogen and oxygen atoms in total. The zero-order chi connectivity index (χ0) is 22.3. The molecule has 2 amide bonds. The van der Waals surface area contributed by atoms with Gasteiger partial charge in [0.2, 0.25) is 11.8 Å². The van der Waals surface area contributed by atoms with Crippen LogP contribution in [0, 0.1) is 0 Å². The summed E-state index contributed by atoms with van der Waals surface area (Å²) >= 11 is 0. The molecule has 1 aromatic heterocycles. The quantitative estimate of drug-likeness (QED) is 0.565. The van der Waals surface area contributed by atoms with Crippen LogP contribution in [0.1, 0.15) is 57.3 Å². The molecular weight excluding hydrogens is 392 g/mol. The van der Waals surface area contributed by atoms with E-state index in [2.05, 4.69) is 34.7 Å². The summed E-state index contributed by atoms with van der Waals surface area (Å²) in [4.78, 5) is 28.5. The molecule has 0 spiro atoms. The number of amides is 2. The lowest BCUT2D eigenvalue weighted by Gasteiger charge is -2.34. The summed E-state index contributed by atoms with van der Waals surface area (Å²) < 4.78 is 2.02. The molecule has 3 atom stereocenters. The van der Waals surface area contributed by atoms with Crippen molar-refractivity contribution < 1.29 is 14.7 Å². The number of rotatable bonds is 8. The maximum absolute atomic E-state index is 12.7. The molecule has 1 heterocycles. The molecule has 1 fully saturated rings. The van der Waals surface area contributed by atoms with E-state index in [1.54, 1.807) is 6.20 Å². The number of aliphatic hydroxyl groups is 1. The first-order valence-corrected chi connectivity index (χ1v) is 11.2. The second-order valence-corrected chi connectivity index (χ2v) is 8.52. The summed E-state index contributed by atoms with van der Waals surface area (Å²) in [6, 6.07) is 9.94. The van der Waals surface area contributed by atoms with Crippen molar-refractivity contribution >= 4 is 11.8 Å². The van der Waals surface area contributed by atoms with Gasteiger partial charge in [-0.25, -0.2) is 4.98 Å². The standard InChI is InChI=1S/C24H34N4O3/c1-3-22-25-14-16-28(22)15-11-23(31)26-17-24(19-7-5-4-6-8-19)12-9-20(27-18(2)29)21(30)10-13-24/h4-8,14,16,20-21,30H,3,9-13,15,17H2,1-2H3,(H,26,31)(H,27,29)/t20-,21-,24-/m0/s1. The fraction of sp³-hybridized carbons (Fsp3) is 0.542. The van der Waals surface area contributed by atoms with E-state index in [0.29, 0.717) is 32.4 Å². The summed E-state index contributed by atoms with van der Waals surface area (Å²) in [5.41, 5.74) is 0.892. The van der Waals surface area contributed by atoms with Crippen LogP contribution in [-0.2, 0) is 28.0 Å². The number of hydrogen-bond donors (Lipinski definition) is 3. The van der Waals surface area contributed by atoms with Gasteiger partial charge in [0.1, 0.15) is 5.82 Å². The van der Waals surface area contributed by atoms with Crippen molar-refractivity contribution in [2.45, 2.75) is 76.5 Å². The van der Waals surface area contributed by atoms with Gasteiger partial charge in [-0.3, -0.25) is 9.59 Å². The first kappa shape index (κ1) is 23.0. The van der Waals surface area contributed by atoms with Crippen LogP contribution in [0.4, 0.5) is 0 Å². The molecule has 168 valence electrons. The van der Waals surface area contributed by atoms with Gasteiger partial charge in [-0.1, -0.05) is 37.3 Å². The van der Waals surface area contributed by atoms with Crippen molar-refractivity contribution in [2.75, 3.05) is 6.54 Å². The molecule has 1 aliphatic carbocycles. The van der Waals surface area contributed by atoms with Crippen LogP contribution in [0.5, 0.6) is 0 Å². The van der Waals surface area contributed by atoms with Crippen LogP contribution in [0.25, 0.3) is 0 Å². The third-order valence-corrected chi connectivity index (χ3v) is 6.41.